The van der Waals surface area contributed by atoms with E-state index in [-0.39, 0.29) is 33.2 Å². The molecule has 0 amide bonds. The van der Waals surface area contributed by atoms with Crippen LogP contribution in [-0.4, -0.2) is 13.6 Å². The predicted octanol–water partition coefficient (Wildman–Crippen LogP) is -2.32. The summed E-state index contributed by atoms with van der Waals surface area (Å²) in [6.45, 7) is 4.77. The van der Waals surface area contributed by atoms with Gasteiger partial charge in [-0.2, -0.15) is 0 Å². The Morgan fingerprint density at radius 2 is 1.70 bits per heavy atom. The van der Waals surface area contributed by atoms with Crippen molar-refractivity contribution >= 4 is 19.7 Å². The zero-order valence-electron chi connectivity index (χ0n) is 11.5. The van der Waals surface area contributed by atoms with Crippen LogP contribution in [0.25, 0.3) is 6.08 Å². The van der Waals surface area contributed by atoms with Gasteiger partial charge in [-0.05, 0) is 0 Å². The summed E-state index contributed by atoms with van der Waals surface area (Å²) in [7, 11) is -0.328. The molecule has 1 aromatic carbocycles. The molecule has 0 N–H and O–H groups in total. The second-order valence-corrected chi connectivity index (χ2v) is 8.81. The average Bonchev–Trinajstić information content (AvgIpc) is 2.92. The van der Waals surface area contributed by atoms with Crippen LogP contribution in [0.2, 0.25) is 13.1 Å². The zero-order chi connectivity index (χ0) is 12.7. The monoisotopic (exact) mass is 395 g/mol. The number of halogens is 2. The van der Waals surface area contributed by atoms with Gasteiger partial charge in [-0.15, -0.1) is 0 Å². The standard InChI is InChI=1S/C16H15Si.2ClH.Zr/c1-17(2)14-9-7-13(11-14)16-10-8-12-5-3-4-6-15(12)16;;;/h3-10,16H,1-2H3;2*1H;/q;;;+2/p-2. The molecule has 0 bridgehead atoms. The Morgan fingerprint density at radius 3 is 2.35 bits per heavy atom. The van der Waals surface area contributed by atoms with Gasteiger partial charge in [0.15, 0.2) is 0 Å². The van der Waals surface area contributed by atoms with Gasteiger partial charge >= 0.3 is 126 Å². The van der Waals surface area contributed by atoms with Crippen LogP contribution in [0.1, 0.15) is 17.0 Å². The van der Waals surface area contributed by atoms with Crippen LogP contribution in [0.15, 0.2) is 51.3 Å². The Bertz CT molecular complexity index is 638. The van der Waals surface area contributed by atoms with E-state index in [0.717, 1.165) is 0 Å². The first-order chi connectivity index (χ1) is 8.68. The Morgan fingerprint density at radius 1 is 1.00 bits per heavy atom. The number of hydrogen-bond acceptors (Lipinski definition) is 0. The van der Waals surface area contributed by atoms with Crippen molar-refractivity contribution in [3.05, 3.63) is 62.5 Å². The largest absolute Gasteiger partial charge is 1.00 e. The molecule has 0 spiro atoms. The topological polar surface area (TPSA) is 0 Å². The summed E-state index contributed by atoms with van der Waals surface area (Å²) in [6.07, 6.45) is 9.34. The molecule has 2 aliphatic carbocycles. The van der Waals surface area contributed by atoms with Crippen LogP contribution in [0, 0.1) is 0 Å². The van der Waals surface area contributed by atoms with Crippen molar-refractivity contribution in [2.75, 3.05) is 0 Å². The van der Waals surface area contributed by atoms with Gasteiger partial charge in [0.1, 0.15) is 0 Å². The first-order valence-electron chi connectivity index (χ1n) is 6.27. The van der Waals surface area contributed by atoms with Crippen molar-refractivity contribution in [1.29, 1.82) is 0 Å². The molecular formula is C16H15Cl2SiZr. The van der Waals surface area contributed by atoms with E-state index in [1.807, 2.05) is 0 Å². The zero-order valence-corrected chi connectivity index (χ0v) is 16.4. The quantitative estimate of drug-likeness (QED) is 0.467. The Labute approximate surface area is 149 Å². The molecule has 4 heteroatoms. The van der Waals surface area contributed by atoms with Crippen molar-refractivity contribution in [2.45, 2.75) is 19.0 Å². The minimum atomic E-state index is -0.328. The number of hydrogen-bond donors (Lipinski definition) is 0. The third-order valence-corrected chi connectivity index (χ3v) is 7.14. The van der Waals surface area contributed by atoms with Crippen molar-refractivity contribution in [1.82, 2.24) is 0 Å². The Hall–Kier alpha value is -0.01000. The van der Waals surface area contributed by atoms with E-state index in [0.29, 0.717) is 5.92 Å². The van der Waals surface area contributed by atoms with Gasteiger partial charge in [0, 0.05) is 0 Å². The summed E-state index contributed by atoms with van der Waals surface area (Å²) in [6, 6.07) is 8.76. The average molecular weight is 398 g/mol. The Kier molecular flexibility index (Phi) is 6.60. The number of allylic oxidation sites excluding steroid dienone is 5. The van der Waals surface area contributed by atoms with Gasteiger partial charge in [-0.3, -0.25) is 0 Å². The maximum absolute atomic E-state index is 2.38. The first kappa shape index (κ1) is 18.0. The maximum Gasteiger partial charge on any atom is -1.00 e. The molecule has 20 heavy (non-hydrogen) atoms. The number of benzene rings is 1. The maximum atomic E-state index is 2.38. The Balaban J connectivity index is 0.000001000. The molecule has 0 nitrogen and oxygen atoms in total. The fourth-order valence-corrected chi connectivity index (χ4v) is 6.39. The second kappa shape index (κ2) is 7.31. The van der Waals surface area contributed by atoms with E-state index in [1.54, 1.807) is 33.2 Å². The van der Waals surface area contributed by atoms with Gasteiger partial charge in [0.25, 0.3) is 0 Å². The van der Waals surface area contributed by atoms with Gasteiger partial charge < -0.3 is 24.8 Å². The molecule has 0 radical (unpaired) electrons. The summed E-state index contributed by atoms with van der Waals surface area (Å²) in [4.78, 5) is 0. The molecule has 3 rings (SSSR count). The molecule has 101 valence electrons. The summed E-state index contributed by atoms with van der Waals surface area (Å²) in [5.41, 5.74) is 4.40. The van der Waals surface area contributed by atoms with Crippen LogP contribution in [0.5, 0.6) is 0 Å². The van der Waals surface area contributed by atoms with Gasteiger partial charge in [-0.25, -0.2) is 0 Å². The fraction of sp³-hybridized carbons (Fsp3) is 0.188. The summed E-state index contributed by atoms with van der Waals surface area (Å²) >= 11 is 1.56. The van der Waals surface area contributed by atoms with Crippen LogP contribution < -0.4 is 24.8 Å². The summed E-state index contributed by atoms with van der Waals surface area (Å²) in [5.74, 6) is 0.491. The molecule has 0 fully saturated rings. The summed E-state index contributed by atoms with van der Waals surface area (Å²) in [5, 5.41) is 1.63. The van der Waals surface area contributed by atoms with Gasteiger partial charge in [-0.1, -0.05) is 0 Å². The third-order valence-electron chi connectivity index (χ3n) is 3.66. The molecule has 0 saturated heterocycles. The molecule has 0 aromatic heterocycles. The SMILES string of the molecule is C[Si](C)=C1C=CC(C2C=Cc3ccccc32)=[C]1[Zr+2].[Cl-].[Cl-]. The van der Waals surface area contributed by atoms with E-state index in [2.05, 4.69) is 61.7 Å². The van der Waals surface area contributed by atoms with Crippen molar-refractivity contribution in [3.63, 3.8) is 0 Å². The molecule has 2 aliphatic rings. The van der Waals surface area contributed by atoms with E-state index < -0.39 is 0 Å². The van der Waals surface area contributed by atoms with Crippen LogP contribution in [-0.2, 0) is 24.7 Å². The predicted molar refractivity (Wildman–Crippen MR) is 76.9 cm³/mol. The van der Waals surface area contributed by atoms with Crippen LogP contribution in [0.3, 0.4) is 0 Å². The number of rotatable bonds is 1. The van der Waals surface area contributed by atoms with E-state index in [4.69, 9.17) is 0 Å². The van der Waals surface area contributed by atoms with Gasteiger partial charge in [0.05, 0.1) is 0 Å². The van der Waals surface area contributed by atoms with Crippen LogP contribution in [0.4, 0.5) is 0 Å². The molecule has 1 aromatic rings. The van der Waals surface area contributed by atoms with Gasteiger partial charge in [0.2, 0.25) is 0 Å². The van der Waals surface area contributed by atoms with Crippen LogP contribution >= 0.6 is 0 Å². The minimum Gasteiger partial charge on any atom is -1.00 e. The number of fused-ring (bicyclic) bond motifs is 1. The van der Waals surface area contributed by atoms with E-state index in [9.17, 15) is 0 Å². The third kappa shape index (κ3) is 3.09. The summed E-state index contributed by atoms with van der Waals surface area (Å²) < 4.78 is 1.60. The molecule has 0 heterocycles. The smallest absolute Gasteiger partial charge is 1.00 e. The molecule has 1 atom stereocenters. The first-order valence-corrected chi connectivity index (χ1v) is 10.00. The molecule has 0 aliphatic heterocycles. The van der Waals surface area contributed by atoms with Crippen molar-refractivity contribution in [3.8, 4) is 0 Å². The molecular weight excluding hydrogens is 382 g/mol. The fourth-order valence-electron chi connectivity index (χ4n) is 2.69. The minimum absolute atomic E-state index is 0. The molecule has 1 unspecified atom stereocenters. The molecule has 0 saturated carbocycles. The second-order valence-electron chi connectivity index (χ2n) is 5.04. The van der Waals surface area contributed by atoms with E-state index >= 15 is 0 Å². The normalized spacial score (nSPS) is 18.8. The van der Waals surface area contributed by atoms with Crippen molar-refractivity contribution < 1.29 is 49.5 Å². The van der Waals surface area contributed by atoms with Crippen molar-refractivity contribution in [2.24, 2.45) is 0 Å². The van der Waals surface area contributed by atoms with E-state index in [1.165, 1.54) is 16.7 Å².